The summed E-state index contributed by atoms with van der Waals surface area (Å²) in [4.78, 5) is 4.21. The maximum Gasteiger partial charge on any atom is 0.302 e. The lowest BCUT2D eigenvalue weighted by atomic mass is 10.2. The molecule has 1 aliphatic rings. The topological polar surface area (TPSA) is 62.3 Å². The highest BCUT2D eigenvalue weighted by Crippen LogP contribution is 2.19. The van der Waals surface area contributed by atoms with Gasteiger partial charge in [-0.05, 0) is 47.8 Å². The van der Waals surface area contributed by atoms with Crippen molar-refractivity contribution in [3.05, 3.63) is 22.3 Å². The van der Waals surface area contributed by atoms with Crippen LogP contribution in [0.25, 0.3) is 0 Å². The van der Waals surface area contributed by atoms with Crippen LogP contribution in [0, 0.1) is 6.92 Å². The van der Waals surface area contributed by atoms with Gasteiger partial charge in [-0.1, -0.05) is 12.8 Å². The van der Waals surface area contributed by atoms with Crippen molar-refractivity contribution in [2.75, 3.05) is 17.8 Å². The zero-order chi connectivity index (χ0) is 13.9. The molecule has 0 amide bonds. The van der Waals surface area contributed by atoms with Crippen LogP contribution >= 0.6 is 15.9 Å². The Hall–Kier alpha value is -0.660. The van der Waals surface area contributed by atoms with Crippen molar-refractivity contribution in [3.8, 4) is 0 Å². The molecule has 7 heteroatoms. The van der Waals surface area contributed by atoms with Crippen LogP contribution in [0.5, 0.6) is 0 Å². The average Bonchev–Trinajstić information content (AvgIpc) is 2.63. The molecule has 1 saturated heterocycles. The van der Waals surface area contributed by atoms with Gasteiger partial charge in [0.15, 0.2) is 0 Å². The normalized spacial score (nSPS) is 18.0. The molecule has 2 rings (SSSR count). The molecule has 0 bridgehead atoms. The number of anilines is 1. The van der Waals surface area contributed by atoms with E-state index >= 15 is 0 Å². The van der Waals surface area contributed by atoms with Gasteiger partial charge in [-0.25, -0.2) is 4.98 Å². The van der Waals surface area contributed by atoms with Gasteiger partial charge in [-0.2, -0.15) is 12.7 Å². The number of nitrogens with zero attached hydrogens (tertiary/aromatic N) is 2. The van der Waals surface area contributed by atoms with E-state index in [4.69, 9.17) is 0 Å². The molecular weight excluding hydrogens is 330 g/mol. The van der Waals surface area contributed by atoms with Gasteiger partial charge in [0.25, 0.3) is 0 Å². The number of halogens is 1. The maximum atomic E-state index is 12.3. The highest BCUT2D eigenvalue weighted by molar-refractivity contribution is 9.10. The fourth-order valence-electron chi connectivity index (χ4n) is 2.08. The number of aromatic nitrogens is 1. The standard InChI is InChI=1S/C12H18BrN3O2S/c1-10-11(13)6-7-12(14-10)15-19(17,18)16-8-4-2-3-5-9-16/h6-7H,2-5,8-9H2,1H3,(H,14,15). The van der Waals surface area contributed by atoms with E-state index in [-0.39, 0.29) is 0 Å². The number of pyridine rings is 1. The summed E-state index contributed by atoms with van der Waals surface area (Å²) in [6, 6.07) is 3.45. The van der Waals surface area contributed by atoms with Crippen LogP contribution < -0.4 is 4.72 Å². The second-order valence-electron chi connectivity index (χ2n) is 4.68. The van der Waals surface area contributed by atoms with Gasteiger partial charge >= 0.3 is 10.2 Å². The Labute approximate surface area is 122 Å². The third-order valence-corrected chi connectivity index (χ3v) is 5.51. The molecular formula is C12H18BrN3O2S. The highest BCUT2D eigenvalue weighted by Gasteiger charge is 2.23. The first kappa shape index (κ1) is 14.7. The lowest BCUT2D eigenvalue weighted by Crippen LogP contribution is -2.36. The summed E-state index contributed by atoms with van der Waals surface area (Å²) in [5.74, 6) is 0.366. The van der Waals surface area contributed by atoms with Gasteiger partial charge in [0.2, 0.25) is 0 Å². The fourth-order valence-corrected chi connectivity index (χ4v) is 3.55. The maximum absolute atomic E-state index is 12.3. The molecule has 1 fully saturated rings. The van der Waals surface area contributed by atoms with Gasteiger partial charge in [0.05, 0.1) is 5.69 Å². The Morgan fingerprint density at radius 2 is 1.84 bits per heavy atom. The van der Waals surface area contributed by atoms with Crippen molar-refractivity contribution in [1.82, 2.24) is 9.29 Å². The first-order valence-corrected chi connectivity index (χ1v) is 8.63. The van der Waals surface area contributed by atoms with E-state index in [1.807, 2.05) is 6.92 Å². The average molecular weight is 348 g/mol. The van der Waals surface area contributed by atoms with Crippen LogP contribution in [-0.2, 0) is 10.2 Å². The first-order valence-electron chi connectivity index (χ1n) is 6.40. The third kappa shape index (κ3) is 3.90. The van der Waals surface area contributed by atoms with E-state index in [0.29, 0.717) is 18.9 Å². The molecule has 0 radical (unpaired) electrons. The summed E-state index contributed by atoms with van der Waals surface area (Å²) in [5.41, 5.74) is 0.760. The van der Waals surface area contributed by atoms with E-state index in [2.05, 4.69) is 25.6 Å². The molecule has 0 unspecified atom stereocenters. The second-order valence-corrected chi connectivity index (χ2v) is 7.21. The quantitative estimate of drug-likeness (QED) is 0.914. The third-order valence-electron chi connectivity index (χ3n) is 3.16. The minimum Gasteiger partial charge on any atom is -0.254 e. The molecule has 0 aromatic carbocycles. The number of rotatable bonds is 3. The molecule has 19 heavy (non-hydrogen) atoms. The molecule has 0 spiro atoms. The smallest absolute Gasteiger partial charge is 0.254 e. The summed E-state index contributed by atoms with van der Waals surface area (Å²) in [6.07, 6.45) is 4.05. The lowest BCUT2D eigenvalue weighted by Gasteiger charge is -2.20. The minimum absolute atomic E-state index is 0.366. The van der Waals surface area contributed by atoms with Crippen molar-refractivity contribution in [2.24, 2.45) is 0 Å². The van der Waals surface area contributed by atoms with Crippen LogP contribution in [-0.4, -0.2) is 30.8 Å². The molecule has 106 valence electrons. The molecule has 1 N–H and O–H groups in total. The molecule has 5 nitrogen and oxygen atoms in total. The summed E-state index contributed by atoms with van der Waals surface area (Å²) in [7, 11) is -3.48. The summed E-state index contributed by atoms with van der Waals surface area (Å²) in [5, 5.41) is 0. The lowest BCUT2D eigenvalue weighted by molar-refractivity contribution is 0.427. The number of hydrogen-bond donors (Lipinski definition) is 1. The molecule has 0 aliphatic carbocycles. The first-order chi connectivity index (χ1) is 8.99. The van der Waals surface area contributed by atoms with Gasteiger partial charge in [0.1, 0.15) is 5.82 Å². The van der Waals surface area contributed by atoms with Gasteiger partial charge in [-0.3, -0.25) is 4.72 Å². The predicted octanol–water partition coefficient (Wildman–Crippen LogP) is 2.69. The zero-order valence-corrected chi connectivity index (χ0v) is 13.3. The van der Waals surface area contributed by atoms with Gasteiger partial charge < -0.3 is 0 Å². The van der Waals surface area contributed by atoms with Crippen LogP contribution in [0.1, 0.15) is 31.4 Å². The fraction of sp³-hybridized carbons (Fsp3) is 0.583. The van der Waals surface area contributed by atoms with Gasteiger partial charge in [-0.15, -0.1) is 0 Å². The van der Waals surface area contributed by atoms with E-state index in [0.717, 1.165) is 35.8 Å². The summed E-state index contributed by atoms with van der Waals surface area (Å²) < 4.78 is 29.5. The van der Waals surface area contributed by atoms with Crippen molar-refractivity contribution >= 4 is 32.0 Å². The van der Waals surface area contributed by atoms with Crippen molar-refractivity contribution in [1.29, 1.82) is 0 Å². The summed E-state index contributed by atoms with van der Waals surface area (Å²) in [6.45, 7) is 3.00. The molecule has 0 atom stereocenters. The Kier molecular flexibility index (Phi) is 4.81. The Morgan fingerprint density at radius 3 is 2.42 bits per heavy atom. The van der Waals surface area contributed by atoms with E-state index in [1.165, 1.54) is 4.31 Å². The molecule has 1 aromatic heterocycles. The zero-order valence-electron chi connectivity index (χ0n) is 10.9. The molecule has 1 aromatic rings. The molecule has 0 saturated carbocycles. The number of hydrogen-bond acceptors (Lipinski definition) is 3. The van der Waals surface area contributed by atoms with Crippen molar-refractivity contribution in [2.45, 2.75) is 32.6 Å². The number of aryl methyl sites for hydroxylation is 1. The van der Waals surface area contributed by atoms with E-state index < -0.39 is 10.2 Å². The summed E-state index contributed by atoms with van der Waals surface area (Å²) >= 11 is 3.35. The van der Waals surface area contributed by atoms with Crippen LogP contribution in [0.15, 0.2) is 16.6 Å². The largest absolute Gasteiger partial charge is 0.302 e. The predicted molar refractivity (Wildman–Crippen MR) is 79.3 cm³/mol. The molecule has 2 heterocycles. The Balaban J connectivity index is 2.13. The SMILES string of the molecule is Cc1nc(NS(=O)(=O)N2CCCCCC2)ccc1Br. The van der Waals surface area contributed by atoms with Gasteiger partial charge in [0, 0.05) is 17.6 Å². The minimum atomic E-state index is -3.48. The Morgan fingerprint density at radius 1 is 1.21 bits per heavy atom. The van der Waals surface area contributed by atoms with Crippen LogP contribution in [0.2, 0.25) is 0 Å². The monoisotopic (exact) mass is 347 g/mol. The van der Waals surface area contributed by atoms with E-state index in [9.17, 15) is 8.42 Å². The molecule has 1 aliphatic heterocycles. The number of nitrogens with one attached hydrogen (secondary N) is 1. The van der Waals surface area contributed by atoms with Crippen molar-refractivity contribution < 1.29 is 8.42 Å². The van der Waals surface area contributed by atoms with Crippen molar-refractivity contribution in [3.63, 3.8) is 0 Å². The Bertz CT molecular complexity index is 540. The van der Waals surface area contributed by atoms with E-state index in [1.54, 1.807) is 12.1 Å². The second kappa shape index (κ2) is 6.19. The van der Waals surface area contributed by atoms with Crippen LogP contribution in [0.3, 0.4) is 0 Å². The van der Waals surface area contributed by atoms with Crippen LogP contribution in [0.4, 0.5) is 5.82 Å². The highest BCUT2D eigenvalue weighted by atomic mass is 79.9.